The lowest BCUT2D eigenvalue weighted by Crippen LogP contribution is -2.58. The SMILES string of the molecule is N=C(C(=O)N[C@@H]1CN2CCC1CC2)c1cc(-c2ccsc2)ccc1N. The van der Waals surface area contributed by atoms with Crippen LogP contribution in [0.15, 0.2) is 35.0 Å². The summed E-state index contributed by atoms with van der Waals surface area (Å²) in [4.78, 5) is 15.0. The molecule has 25 heavy (non-hydrogen) atoms. The minimum absolute atomic E-state index is 0.0500. The van der Waals surface area contributed by atoms with Crippen molar-refractivity contribution in [3.05, 3.63) is 40.6 Å². The predicted octanol–water partition coefficient (Wildman–Crippen LogP) is 2.58. The van der Waals surface area contributed by atoms with Gasteiger partial charge in [0.2, 0.25) is 0 Å². The van der Waals surface area contributed by atoms with E-state index in [0.29, 0.717) is 17.2 Å². The van der Waals surface area contributed by atoms with Crippen LogP contribution in [0.2, 0.25) is 0 Å². The molecule has 1 aromatic heterocycles. The number of carbonyl (C=O) groups excluding carboxylic acids is 1. The van der Waals surface area contributed by atoms with Gasteiger partial charge < -0.3 is 16.0 Å². The van der Waals surface area contributed by atoms with Crippen molar-refractivity contribution in [3.8, 4) is 11.1 Å². The molecule has 3 saturated heterocycles. The molecule has 5 nitrogen and oxygen atoms in total. The molecule has 0 spiro atoms. The number of nitrogens with zero attached hydrogens (tertiary/aromatic N) is 1. The average molecular weight is 354 g/mol. The van der Waals surface area contributed by atoms with Crippen molar-refractivity contribution < 1.29 is 4.79 Å². The van der Waals surface area contributed by atoms with Crippen molar-refractivity contribution in [2.45, 2.75) is 18.9 Å². The van der Waals surface area contributed by atoms with Gasteiger partial charge in [-0.2, -0.15) is 11.3 Å². The minimum atomic E-state index is -0.326. The fourth-order valence-corrected chi connectivity index (χ4v) is 4.54. The summed E-state index contributed by atoms with van der Waals surface area (Å²) >= 11 is 1.62. The van der Waals surface area contributed by atoms with Crippen LogP contribution in [0.1, 0.15) is 18.4 Å². The molecule has 0 unspecified atom stereocenters. The predicted molar refractivity (Wildman–Crippen MR) is 102 cm³/mol. The molecule has 1 aromatic carbocycles. The monoisotopic (exact) mass is 354 g/mol. The number of anilines is 1. The van der Waals surface area contributed by atoms with Crippen LogP contribution in [-0.2, 0) is 4.79 Å². The zero-order valence-electron chi connectivity index (χ0n) is 14.0. The Kier molecular flexibility index (Phi) is 4.31. The fraction of sp³-hybridized carbons (Fsp3) is 0.368. The molecule has 130 valence electrons. The third-order valence-corrected chi connectivity index (χ3v) is 6.06. The van der Waals surface area contributed by atoms with Crippen LogP contribution in [0.25, 0.3) is 11.1 Å². The second-order valence-corrected chi connectivity index (χ2v) is 7.69. The van der Waals surface area contributed by atoms with Crippen LogP contribution in [0.3, 0.4) is 0 Å². The van der Waals surface area contributed by atoms with Crippen LogP contribution in [0.5, 0.6) is 0 Å². The Morgan fingerprint density at radius 2 is 2.04 bits per heavy atom. The van der Waals surface area contributed by atoms with Gasteiger partial charge in [-0.15, -0.1) is 0 Å². The highest BCUT2D eigenvalue weighted by Crippen LogP contribution is 2.28. The van der Waals surface area contributed by atoms with E-state index in [4.69, 9.17) is 11.1 Å². The second-order valence-electron chi connectivity index (χ2n) is 6.91. The van der Waals surface area contributed by atoms with E-state index < -0.39 is 0 Å². The summed E-state index contributed by atoms with van der Waals surface area (Å²) in [6.45, 7) is 3.16. The van der Waals surface area contributed by atoms with Gasteiger partial charge in [0.05, 0.1) is 0 Å². The molecular formula is C19H22N4OS. The third-order valence-electron chi connectivity index (χ3n) is 5.38. The average Bonchev–Trinajstić information content (AvgIpc) is 3.17. The van der Waals surface area contributed by atoms with E-state index in [9.17, 15) is 4.79 Å². The van der Waals surface area contributed by atoms with Gasteiger partial charge in [0.25, 0.3) is 5.91 Å². The van der Waals surface area contributed by atoms with Crippen LogP contribution >= 0.6 is 11.3 Å². The lowest BCUT2D eigenvalue weighted by molar-refractivity contribution is -0.116. The molecule has 3 fully saturated rings. The Hall–Kier alpha value is -2.18. The number of benzene rings is 1. The number of carbonyl (C=O) groups is 1. The van der Waals surface area contributed by atoms with E-state index in [2.05, 4.69) is 10.2 Å². The number of hydrogen-bond acceptors (Lipinski definition) is 5. The number of nitrogen functional groups attached to an aromatic ring is 1. The van der Waals surface area contributed by atoms with Crippen molar-refractivity contribution in [2.75, 3.05) is 25.4 Å². The first kappa shape index (κ1) is 16.3. The molecule has 4 heterocycles. The Morgan fingerprint density at radius 3 is 2.68 bits per heavy atom. The maximum Gasteiger partial charge on any atom is 0.270 e. The Morgan fingerprint density at radius 1 is 1.24 bits per heavy atom. The lowest BCUT2D eigenvalue weighted by Gasteiger charge is -2.44. The summed E-state index contributed by atoms with van der Waals surface area (Å²) in [5.74, 6) is 0.212. The van der Waals surface area contributed by atoms with Gasteiger partial charge in [0, 0.05) is 23.8 Å². The molecule has 3 aliphatic rings. The van der Waals surface area contributed by atoms with E-state index in [1.54, 1.807) is 17.4 Å². The molecule has 2 aromatic rings. The number of nitrogens with one attached hydrogen (secondary N) is 2. The molecular weight excluding hydrogens is 332 g/mol. The largest absolute Gasteiger partial charge is 0.398 e. The molecule has 0 saturated carbocycles. The summed E-state index contributed by atoms with van der Waals surface area (Å²) in [5.41, 5.74) is 9.02. The van der Waals surface area contributed by atoms with Gasteiger partial charge in [-0.3, -0.25) is 10.2 Å². The van der Waals surface area contributed by atoms with Crippen LogP contribution < -0.4 is 11.1 Å². The molecule has 6 heteroatoms. The maximum absolute atomic E-state index is 12.6. The first-order valence-corrected chi connectivity index (χ1v) is 9.60. The topological polar surface area (TPSA) is 82.2 Å². The second kappa shape index (κ2) is 6.61. The third kappa shape index (κ3) is 3.19. The quantitative estimate of drug-likeness (QED) is 0.583. The van der Waals surface area contributed by atoms with E-state index in [1.807, 2.05) is 29.0 Å². The number of piperidine rings is 3. The highest BCUT2D eigenvalue weighted by molar-refractivity contribution is 7.08. The molecule has 0 radical (unpaired) electrons. The Balaban J connectivity index is 1.52. The highest BCUT2D eigenvalue weighted by atomic mass is 32.1. The van der Waals surface area contributed by atoms with Gasteiger partial charge in [-0.1, -0.05) is 6.07 Å². The Labute approximate surface area is 151 Å². The van der Waals surface area contributed by atoms with Gasteiger partial charge >= 0.3 is 0 Å². The summed E-state index contributed by atoms with van der Waals surface area (Å²) in [6.07, 6.45) is 2.27. The molecule has 4 N–H and O–H groups in total. The summed E-state index contributed by atoms with van der Waals surface area (Å²) in [6, 6.07) is 7.72. The normalized spacial score (nSPS) is 24.9. The van der Waals surface area contributed by atoms with Crippen molar-refractivity contribution in [3.63, 3.8) is 0 Å². The van der Waals surface area contributed by atoms with Crippen LogP contribution in [-0.4, -0.2) is 42.2 Å². The van der Waals surface area contributed by atoms with Crippen molar-refractivity contribution in [1.29, 1.82) is 5.41 Å². The smallest absolute Gasteiger partial charge is 0.270 e. The van der Waals surface area contributed by atoms with Gasteiger partial charge in [0.15, 0.2) is 0 Å². The zero-order valence-corrected chi connectivity index (χ0v) is 14.8. The molecule has 0 aliphatic carbocycles. The standard InChI is InChI=1S/C19H22N4OS/c20-16-2-1-13(14-5-8-25-11-14)9-15(16)18(21)19(24)22-17-10-23-6-3-12(17)4-7-23/h1-2,5,8-9,11-12,17,21H,3-4,6-7,10,20H2,(H,22,24)/t17-/m1/s1. The zero-order chi connectivity index (χ0) is 17.4. The van der Waals surface area contributed by atoms with Gasteiger partial charge in [-0.05, 0) is 71.9 Å². The number of thiophene rings is 1. The van der Waals surface area contributed by atoms with Crippen LogP contribution in [0, 0.1) is 11.3 Å². The maximum atomic E-state index is 12.6. The molecule has 5 rings (SSSR count). The van der Waals surface area contributed by atoms with Crippen molar-refractivity contribution in [1.82, 2.24) is 10.2 Å². The summed E-state index contributed by atoms with van der Waals surface area (Å²) in [5, 5.41) is 15.5. The van der Waals surface area contributed by atoms with Crippen molar-refractivity contribution >= 4 is 28.6 Å². The van der Waals surface area contributed by atoms with E-state index in [1.165, 1.54) is 0 Å². The number of amides is 1. The number of fused-ring (bicyclic) bond motifs is 3. The van der Waals surface area contributed by atoms with E-state index in [0.717, 1.165) is 43.6 Å². The summed E-state index contributed by atoms with van der Waals surface area (Å²) in [7, 11) is 0. The molecule has 1 amide bonds. The van der Waals surface area contributed by atoms with Gasteiger partial charge in [0.1, 0.15) is 5.71 Å². The highest BCUT2D eigenvalue weighted by Gasteiger charge is 2.35. The summed E-state index contributed by atoms with van der Waals surface area (Å²) < 4.78 is 0. The lowest BCUT2D eigenvalue weighted by atomic mass is 9.84. The number of nitrogens with two attached hydrogens (primary N) is 1. The number of rotatable bonds is 4. The Bertz CT molecular complexity index is 794. The van der Waals surface area contributed by atoms with Gasteiger partial charge in [-0.25, -0.2) is 0 Å². The fourth-order valence-electron chi connectivity index (χ4n) is 3.87. The first-order chi connectivity index (χ1) is 12.1. The van der Waals surface area contributed by atoms with Crippen molar-refractivity contribution in [2.24, 2.45) is 5.92 Å². The number of hydrogen-bond donors (Lipinski definition) is 3. The first-order valence-electron chi connectivity index (χ1n) is 8.66. The molecule has 1 atom stereocenters. The van der Waals surface area contributed by atoms with E-state index >= 15 is 0 Å². The molecule has 2 bridgehead atoms. The van der Waals surface area contributed by atoms with Crippen LogP contribution in [0.4, 0.5) is 5.69 Å². The van der Waals surface area contributed by atoms with E-state index in [-0.39, 0.29) is 17.7 Å². The molecule has 3 aliphatic heterocycles. The minimum Gasteiger partial charge on any atom is -0.398 e.